The highest BCUT2D eigenvalue weighted by Gasteiger charge is 2.31. The van der Waals surface area contributed by atoms with Gasteiger partial charge in [-0.2, -0.15) is 0 Å². The van der Waals surface area contributed by atoms with Crippen LogP contribution in [0.1, 0.15) is 18.3 Å². The Labute approximate surface area is 109 Å². The number of methoxy groups -OCH3 is 1. The Morgan fingerprint density at radius 2 is 2.00 bits per heavy atom. The van der Waals surface area contributed by atoms with Gasteiger partial charge in [0, 0.05) is 37.3 Å². The molecule has 0 aromatic carbocycles. The molecule has 2 rings (SSSR count). The van der Waals surface area contributed by atoms with Crippen molar-refractivity contribution >= 4 is 5.69 Å². The molecular weight excluding hydrogens is 226 g/mol. The zero-order valence-electron chi connectivity index (χ0n) is 11.7. The normalized spacial score (nSPS) is 24.4. The van der Waals surface area contributed by atoms with Crippen molar-refractivity contribution in [3.05, 3.63) is 23.5 Å². The fourth-order valence-corrected chi connectivity index (χ4v) is 2.62. The molecule has 1 aromatic heterocycles. The maximum Gasteiger partial charge on any atom is 0.0911 e. The number of anilines is 1. The van der Waals surface area contributed by atoms with Gasteiger partial charge >= 0.3 is 0 Å². The Morgan fingerprint density at radius 1 is 1.33 bits per heavy atom. The molecule has 2 atom stereocenters. The first-order chi connectivity index (χ1) is 8.62. The first-order valence-corrected chi connectivity index (χ1v) is 6.59. The van der Waals surface area contributed by atoms with Gasteiger partial charge in [-0.3, -0.25) is 9.88 Å². The van der Waals surface area contributed by atoms with Crippen molar-refractivity contribution in [2.75, 3.05) is 32.1 Å². The van der Waals surface area contributed by atoms with E-state index in [2.05, 4.69) is 34.3 Å². The Hall–Kier alpha value is -1.13. The zero-order valence-corrected chi connectivity index (χ0v) is 11.7. The lowest BCUT2D eigenvalue weighted by Crippen LogP contribution is -2.33. The smallest absolute Gasteiger partial charge is 0.0911 e. The molecule has 100 valence electrons. The van der Waals surface area contributed by atoms with Crippen LogP contribution in [0.5, 0.6) is 0 Å². The molecule has 0 bridgehead atoms. The van der Waals surface area contributed by atoms with Crippen molar-refractivity contribution in [2.24, 2.45) is 0 Å². The highest BCUT2D eigenvalue weighted by Crippen LogP contribution is 2.19. The minimum absolute atomic E-state index is 0.263. The molecular formula is C14H23N3O. The van der Waals surface area contributed by atoms with Crippen molar-refractivity contribution in [1.29, 1.82) is 0 Å². The van der Waals surface area contributed by atoms with Gasteiger partial charge in [0.2, 0.25) is 0 Å². The second-order valence-corrected chi connectivity index (χ2v) is 5.02. The van der Waals surface area contributed by atoms with Gasteiger partial charge in [0.05, 0.1) is 12.1 Å². The molecule has 0 amide bonds. The number of likely N-dealkylation sites (tertiary alicyclic amines) is 1. The SMILES string of the molecule is CCN1C[C@H](Nc2cc(C)nc(C)c2)[C@@H](OC)C1. The molecule has 0 saturated carbocycles. The molecule has 4 nitrogen and oxygen atoms in total. The molecule has 0 spiro atoms. The summed E-state index contributed by atoms with van der Waals surface area (Å²) >= 11 is 0. The van der Waals surface area contributed by atoms with Gasteiger partial charge in [-0.05, 0) is 32.5 Å². The highest BCUT2D eigenvalue weighted by molar-refractivity contribution is 5.46. The molecule has 0 unspecified atom stereocenters. The number of nitrogens with one attached hydrogen (secondary N) is 1. The van der Waals surface area contributed by atoms with Crippen LogP contribution in [0.3, 0.4) is 0 Å². The Kier molecular flexibility index (Phi) is 4.19. The van der Waals surface area contributed by atoms with Crippen LogP contribution in [-0.2, 0) is 4.74 Å². The molecule has 0 radical (unpaired) electrons. The molecule has 1 fully saturated rings. The minimum atomic E-state index is 0.263. The second-order valence-electron chi connectivity index (χ2n) is 5.02. The molecule has 4 heteroatoms. The summed E-state index contributed by atoms with van der Waals surface area (Å²) in [5, 5.41) is 3.58. The zero-order chi connectivity index (χ0) is 13.1. The van der Waals surface area contributed by atoms with E-state index in [-0.39, 0.29) is 6.10 Å². The second kappa shape index (κ2) is 5.67. The van der Waals surface area contributed by atoms with Crippen molar-refractivity contribution in [3.63, 3.8) is 0 Å². The first kappa shape index (κ1) is 13.3. The number of likely N-dealkylation sites (N-methyl/N-ethyl adjacent to an activating group) is 1. The quantitative estimate of drug-likeness (QED) is 0.883. The molecule has 18 heavy (non-hydrogen) atoms. The number of rotatable bonds is 4. The van der Waals surface area contributed by atoms with E-state index in [1.165, 1.54) is 0 Å². The molecule has 1 saturated heterocycles. The van der Waals surface area contributed by atoms with E-state index in [0.29, 0.717) is 6.04 Å². The summed E-state index contributed by atoms with van der Waals surface area (Å²) in [5.74, 6) is 0. The number of aryl methyl sites for hydroxylation is 2. The first-order valence-electron chi connectivity index (χ1n) is 6.59. The Balaban J connectivity index is 2.08. The van der Waals surface area contributed by atoms with Crippen LogP contribution < -0.4 is 5.32 Å². The summed E-state index contributed by atoms with van der Waals surface area (Å²) in [4.78, 5) is 6.81. The van der Waals surface area contributed by atoms with Crippen LogP contribution >= 0.6 is 0 Å². The summed E-state index contributed by atoms with van der Waals surface area (Å²) in [6.45, 7) is 9.36. The average Bonchev–Trinajstić information content (AvgIpc) is 2.70. The fourth-order valence-electron chi connectivity index (χ4n) is 2.62. The van der Waals surface area contributed by atoms with Gasteiger partial charge in [-0.25, -0.2) is 0 Å². The van der Waals surface area contributed by atoms with Gasteiger partial charge < -0.3 is 10.1 Å². The standard InChI is InChI=1S/C14H23N3O/c1-5-17-8-13(14(9-17)18-4)16-12-6-10(2)15-11(3)7-12/h6-7,13-14H,5,8-9H2,1-4H3,(H,15,16)/t13-,14-/m0/s1. The van der Waals surface area contributed by atoms with E-state index >= 15 is 0 Å². The van der Waals surface area contributed by atoms with Crippen LogP contribution in [0.25, 0.3) is 0 Å². The van der Waals surface area contributed by atoms with Crippen LogP contribution in [0.4, 0.5) is 5.69 Å². The van der Waals surface area contributed by atoms with Crippen molar-refractivity contribution in [1.82, 2.24) is 9.88 Å². The van der Waals surface area contributed by atoms with Gasteiger partial charge in [-0.15, -0.1) is 0 Å². The van der Waals surface area contributed by atoms with Gasteiger partial charge in [0.25, 0.3) is 0 Å². The maximum absolute atomic E-state index is 5.57. The number of aromatic nitrogens is 1. The lowest BCUT2D eigenvalue weighted by atomic mass is 10.2. The van der Waals surface area contributed by atoms with Crippen LogP contribution in [0, 0.1) is 13.8 Å². The lowest BCUT2D eigenvalue weighted by Gasteiger charge is -2.20. The third-order valence-electron chi connectivity index (χ3n) is 3.53. The largest absolute Gasteiger partial charge is 0.378 e. The van der Waals surface area contributed by atoms with E-state index < -0.39 is 0 Å². The van der Waals surface area contributed by atoms with Crippen LogP contribution in [0.2, 0.25) is 0 Å². The minimum Gasteiger partial charge on any atom is -0.378 e. The predicted octanol–water partition coefficient (Wildman–Crippen LogP) is 1.83. The summed E-state index contributed by atoms with van der Waals surface area (Å²) in [7, 11) is 1.79. The number of hydrogen-bond donors (Lipinski definition) is 1. The highest BCUT2D eigenvalue weighted by atomic mass is 16.5. The maximum atomic E-state index is 5.57. The number of ether oxygens (including phenoxy) is 1. The van der Waals surface area contributed by atoms with Crippen molar-refractivity contribution in [3.8, 4) is 0 Å². The third-order valence-corrected chi connectivity index (χ3v) is 3.53. The van der Waals surface area contributed by atoms with E-state index in [4.69, 9.17) is 4.74 Å². The summed E-state index contributed by atoms with van der Waals surface area (Å²) < 4.78 is 5.57. The van der Waals surface area contributed by atoms with Crippen molar-refractivity contribution < 1.29 is 4.74 Å². The van der Waals surface area contributed by atoms with Crippen LogP contribution in [-0.4, -0.2) is 48.8 Å². The Bertz CT molecular complexity index is 388. The molecule has 1 aliphatic heterocycles. The van der Waals surface area contributed by atoms with Gasteiger partial charge in [0.1, 0.15) is 0 Å². The molecule has 1 aromatic rings. The molecule has 1 aliphatic rings. The lowest BCUT2D eigenvalue weighted by molar-refractivity contribution is 0.103. The monoisotopic (exact) mass is 249 g/mol. The van der Waals surface area contributed by atoms with E-state index in [9.17, 15) is 0 Å². The summed E-state index contributed by atoms with van der Waals surface area (Å²) in [5.41, 5.74) is 3.25. The topological polar surface area (TPSA) is 37.4 Å². The Morgan fingerprint density at radius 3 is 2.56 bits per heavy atom. The summed E-state index contributed by atoms with van der Waals surface area (Å²) in [6.07, 6.45) is 0.263. The number of hydrogen-bond acceptors (Lipinski definition) is 4. The number of nitrogens with zero attached hydrogens (tertiary/aromatic N) is 2. The van der Waals surface area contributed by atoms with Gasteiger partial charge in [-0.1, -0.05) is 6.92 Å². The van der Waals surface area contributed by atoms with Gasteiger partial charge in [0.15, 0.2) is 0 Å². The third kappa shape index (κ3) is 3.00. The van der Waals surface area contributed by atoms with E-state index in [0.717, 1.165) is 36.7 Å². The predicted molar refractivity (Wildman–Crippen MR) is 74.0 cm³/mol. The fraction of sp³-hybridized carbons (Fsp3) is 0.643. The average molecular weight is 249 g/mol. The molecule has 0 aliphatic carbocycles. The van der Waals surface area contributed by atoms with Crippen LogP contribution in [0.15, 0.2) is 12.1 Å². The number of pyridine rings is 1. The molecule has 1 N–H and O–H groups in total. The van der Waals surface area contributed by atoms with E-state index in [1.807, 2.05) is 13.8 Å². The molecule has 2 heterocycles. The van der Waals surface area contributed by atoms with E-state index in [1.54, 1.807) is 7.11 Å². The summed E-state index contributed by atoms with van der Waals surface area (Å²) in [6, 6.07) is 4.54. The van der Waals surface area contributed by atoms with Crippen molar-refractivity contribution in [2.45, 2.75) is 32.9 Å².